The molecule has 0 atom stereocenters. The quantitative estimate of drug-likeness (QED) is 0.307. The van der Waals surface area contributed by atoms with E-state index >= 15 is 0 Å². The first-order chi connectivity index (χ1) is 14.2. The molecule has 3 N–H and O–H groups in total. The summed E-state index contributed by atoms with van der Waals surface area (Å²) in [5.41, 5.74) is 9.03. The van der Waals surface area contributed by atoms with Crippen molar-refractivity contribution in [3.63, 3.8) is 0 Å². The van der Waals surface area contributed by atoms with Crippen LogP contribution in [0.4, 0.5) is 5.69 Å². The third-order valence-corrected chi connectivity index (χ3v) is 4.73. The molecular formula is C22H30IN3O4. The second-order valence-corrected chi connectivity index (χ2v) is 6.84. The van der Waals surface area contributed by atoms with Gasteiger partial charge in [-0.25, -0.2) is 4.99 Å². The molecule has 0 aliphatic carbocycles. The molecule has 1 fully saturated rings. The highest BCUT2D eigenvalue weighted by molar-refractivity contribution is 14.0. The number of nitrogens with one attached hydrogen (secondary N) is 1. The fraction of sp³-hybridized carbons (Fsp3) is 0.409. The molecule has 2 aromatic rings. The predicted molar refractivity (Wildman–Crippen MR) is 129 cm³/mol. The Morgan fingerprint density at radius 1 is 1.07 bits per heavy atom. The molecule has 8 heteroatoms. The first-order valence-electron chi connectivity index (χ1n) is 9.74. The van der Waals surface area contributed by atoms with Crippen molar-refractivity contribution in [2.24, 2.45) is 10.7 Å². The normalized spacial score (nSPS) is 14.7. The van der Waals surface area contributed by atoms with Gasteiger partial charge < -0.3 is 30.0 Å². The lowest BCUT2D eigenvalue weighted by Crippen LogP contribution is -2.23. The van der Waals surface area contributed by atoms with E-state index in [9.17, 15) is 0 Å². The molecular weight excluding hydrogens is 497 g/mol. The SMILES string of the molecule is COc1ccc(NC(N)=NCc2cccc(COC3CCOCC3)c2)cc1OC.I. The first kappa shape index (κ1) is 24.2. The summed E-state index contributed by atoms with van der Waals surface area (Å²) in [5.74, 6) is 1.62. The van der Waals surface area contributed by atoms with Crippen LogP contribution in [-0.4, -0.2) is 39.5 Å². The van der Waals surface area contributed by atoms with Crippen LogP contribution >= 0.6 is 24.0 Å². The van der Waals surface area contributed by atoms with Gasteiger partial charge in [0.25, 0.3) is 0 Å². The van der Waals surface area contributed by atoms with Crippen LogP contribution in [-0.2, 0) is 22.6 Å². The molecule has 1 aliphatic heterocycles. The maximum Gasteiger partial charge on any atom is 0.193 e. The summed E-state index contributed by atoms with van der Waals surface area (Å²) in [5, 5.41) is 3.08. The van der Waals surface area contributed by atoms with E-state index in [1.54, 1.807) is 14.2 Å². The van der Waals surface area contributed by atoms with Gasteiger partial charge >= 0.3 is 0 Å². The summed E-state index contributed by atoms with van der Waals surface area (Å²) in [6.45, 7) is 2.65. The van der Waals surface area contributed by atoms with Crippen molar-refractivity contribution in [2.75, 3.05) is 32.8 Å². The van der Waals surface area contributed by atoms with Crippen LogP contribution in [0.2, 0.25) is 0 Å². The topological polar surface area (TPSA) is 87.3 Å². The Balaban J connectivity index is 0.00000320. The van der Waals surface area contributed by atoms with E-state index in [0.29, 0.717) is 30.6 Å². The number of anilines is 1. The number of hydrogen-bond donors (Lipinski definition) is 2. The lowest BCUT2D eigenvalue weighted by atomic mass is 10.1. The summed E-state index contributed by atoms with van der Waals surface area (Å²) >= 11 is 0. The number of nitrogens with zero attached hydrogens (tertiary/aromatic N) is 1. The third kappa shape index (κ3) is 7.33. The average Bonchev–Trinajstić information content (AvgIpc) is 2.77. The van der Waals surface area contributed by atoms with Crippen molar-refractivity contribution >= 4 is 35.6 Å². The molecule has 30 heavy (non-hydrogen) atoms. The summed E-state index contributed by atoms with van der Waals surface area (Å²) in [4.78, 5) is 4.43. The average molecular weight is 527 g/mol. The van der Waals surface area contributed by atoms with Crippen LogP contribution < -0.4 is 20.5 Å². The zero-order valence-corrected chi connectivity index (χ0v) is 19.8. The Hall–Kier alpha value is -2.04. The Labute approximate surface area is 195 Å². The van der Waals surface area contributed by atoms with Crippen LogP contribution in [0.5, 0.6) is 11.5 Å². The smallest absolute Gasteiger partial charge is 0.193 e. The first-order valence-corrected chi connectivity index (χ1v) is 9.74. The lowest BCUT2D eigenvalue weighted by Gasteiger charge is -2.22. The molecule has 0 unspecified atom stereocenters. The van der Waals surface area contributed by atoms with Gasteiger partial charge in [0, 0.05) is 25.0 Å². The summed E-state index contributed by atoms with van der Waals surface area (Å²) in [6, 6.07) is 13.7. The zero-order chi connectivity index (χ0) is 20.5. The van der Waals surface area contributed by atoms with E-state index < -0.39 is 0 Å². The number of rotatable bonds is 8. The molecule has 0 bridgehead atoms. The number of ether oxygens (including phenoxy) is 4. The molecule has 1 heterocycles. The van der Waals surface area contributed by atoms with Gasteiger partial charge in [-0.1, -0.05) is 24.3 Å². The van der Waals surface area contributed by atoms with Crippen LogP contribution in [0.1, 0.15) is 24.0 Å². The highest BCUT2D eigenvalue weighted by atomic mass is 127. The highest BCUT2D eigenvalue weighted by Gasteiger charge is 2.14. The van der Waals surface area contributed by atoms with E-state index in [1.165, 1.54) is 0 Å². The highest BCUT2D eigenvalue weighted by Crippen LogP contribution is 2.29. The number of aliphatic imine (C=N–C) groups is 1. The van der Waals surface area contributed by atoms with E-state index in [2.05, 4.69) is 22.4 Å². The molecule has 0 spiro atoms. The van der Waals surface area contributed by atoms with Gasteiger partial charge in [0.05, 0.1) is 33.5 Å². The number of nitrogens with two attached hydrogens (primary N) is 1. The van der Waals surface area contributed by atoms with Crippen molar-refractivity contribution in [3.8, 4) is 11.5 Å². The van der Waals surface area contributed by atoms with Crippen molar-refractivity contribution in [3.05, 3.63) is 53.6 Å². The van der Waals surface area contributed by atoms with E-state index in [-0.39, 0.29) is 30.1 Å². The van der Waals surface area contributed by atoms with Gasteiger partial charge in [0.2, 0.25) is 0 Å². The Kier molecular flexibility index (Phi) is 10.2. The largest absolute Gasteiger partial charge is 0.493 e. The minimum Gasteiger partial charge on any atom is -0.493 e. The second kappa shape index (κ2) is 12.6. The van der Waals surface area contributed by atoms with E-state index in [1.807, 2.05) is 30.3 Å². The molecule has 0 saturated carbocycles. The van der Waals surface area contributed by atoms with Gasteiger partial charge in [-0.15, -0.1) is 24.0 Å². The third-order valence-electron chi connectivity index (χ3n) is 4.73. The fourth-order valence-electron chi connectivity index (χ4n) is 3.15. The maximum atomic E-state index is 6.04. The summed E-state index contributed by atoms with van der Waals surface area (Å²) < 4.78 is 21.9. The maximum absolute atomic E-state index is 6.04. The minimum absolute atomic E-state index is 0. The zero-order valence-electron chi connectivity index (χ0n) is 17.4. The van der Waals surface area contributed by atoms with Crippen LogP contribution in [0, 0.1) is 0 Å². The van der Waals surface area contributed by atoms with E-state index in [0.717, 1.165) is 42.9 Å². The molecule has 164 valence electrons. The van der Waals surface area contributed by atoms with Gasteiger partial charge in [-0.3, -0.25) is 0 Å². The fourth-order valence-corrected chi connectivity index (χ4v) is 3.15. The number of halogens is 1. The molecule has 1 saturated heterocycles. The molecule has 1 aliphatic rings. The van der Waals surface area contributed by atoms with Gasteiger partial charge in [0.1, 0.15) is 0 Å². The lowest BCUT2D eigenvalue weighted by molar-refractivity contribution is -0.0390. The molecule has 7 nitrogen and oxygen atoms in total. The Morgan fingerprint density at radius 3 is 2.53 bits per heavy atom. The summed E-state index contributed by atoms with van der Waals surface area (Å²) in [7, 11) is 3.20. The van der Waals surface area contributed by atoms with E-state index in [4.69, 9.17) is 24.7 Å². The van der Waals surface area contributed by atoms with Gasteiger partial charge in [-0.05, 0) is 36.1 Å². The number of methoxy groups -OCH3 is 2. The molecule has 3 rings (SSSR count). The van der Waals surface area contributed by atoms with Crippen molar-refractivity contribution in [1.82, 2.24) is 0 Å². The number of guanidine groups is 1. The number of hydrogen-bond acceptors (Lipinski definition) is 5. The van der Waals surface area contributed by atoms with Crippen LogP contribution in [0.3, 0.4) is 0 Å². The summed E-state index contributed by atoms with van der Waals surface area (Å²) in [6.07, 6.45) is 2.21. The van der Waals surface area contributed by atoms with Crippen molar-refractivity contribution < 1.29 is 18.9 Å². The molecule has 0 aromatic heterocycles. The standard InChI is InChI=1S/C22H29N3O4.HI/c1-26-20-7-6-18(13-21(20)27-2)25-22(23)24-14-16-4-3-5-17(12-16)15-29-19-8-10-28-11-9-19;/h3-7,12-13,19H,8-11,14-15H2,1-2H3,(H3,23,24,25);1H. The molecule has 0 amide bonds. The Morgan fingerprint density at radius 2 is 1.80 bits per heavy atom. The Bertz CT molecular complexity index is 826. The van der Waals surface area contributed by atoms with Crippen LogP contribution in [0.25, 0.3) is 0 Å². The van der Waals surface area contributed by atoms with Gasteiger partial charge in [0.15, 0.2) is 17.5 Å². The monoisotopic (exact) mass is 527 g/mol. The molecule has 0 radical (unpaired) electrons. The van der Waals surface area contributed by atoms with Crippen LogP contribution in [0.15, 0.2) is 47.5 Å². The molecule has 2 aromatic carbocycles. The predicted octanol–water partition coefficient (Wildman–Crippen LogP) is 3.94. The van der Waals surface area contributed by atoms with Crippen molar-refractivity contribution in [2.45, 2.75) is 32.1 Å². The van der Waals surface area contributed by atoms with Gasteiger partial charge in [-0.2, -0.15) is 0 Å². The second-order valence-electron chi connectivity index (χ2n) is 6.84. The minimum atomic E-state index is 0. The number of benzene rings is 2. The van der Waals surface area contributed by atoms with Crippen molar-refractivity contribution in [1.29, 1.82) is 0 Å².